The molecule has 106 valence electrons. The third-order valence-electron chi connectivity index (χ3n) is 3.18. The Morgan fingerprint density at radius 1 is 1.26 bits per heavy atom. The van der Waals surface area contributed by atoms with Crippen LogP contribution in [0, 0.1) is 5.92 Å². The highest BCUT2D eigenvalue weighted by Gasteiger charge is 2.08. The molecule has 0 spiro atoms. The summed E-state index contributed by atoms with van der Waals surface area (Å²) in [6, 6.07) is 7.97. The minimum atomic E-state index is 0.124. The molecule has 0 aliphatic rings. The minimum absolute atomic E-state index is 0.124. The van der Waals surface area contributed by atoms with E-state index in [-0.39, 0.29) is 11.9 Å². The van der Waals surface area contributed by atoms with Crippen molar-refractivity contribution < 1.29 is 4.79 Å². The summed E-state index contributed by atoms with van der Waals surface area (Å²) < 4.78 is 0. The van der Waals surface area contributed by atoms with Crippen molar-refractivity contribution in [3.8, 4) is 0 Å². The molecule has 0 bridgehead atoms. The van der Waals surface area contributed by atoms with Gasteiger partial charge in [-0.2, -0.15) is 0 Å². The van der Waals surface area contributed by atoms with Crippen LogP contribution in [0.4, 0.5) is 5.69 Å². The predicted octanol–water partition coefficient (Wildman–Crippen LogP) is 3.14. The molecule has 0 heterocycles. The third-order valence-corrected chi connectivity index (χ3v) is 3.18. The molecule has 1 atom stereocenters. The van der Waals surface area contributed by atoms with Crippen molar-refractivity contribution in [3.05, 3.63) is 29.8 Å². The van der Waals surface area contributed by atoms with Gasteiger partial charge in [-0.15, -0.1) is 0 Å². The van der Waals surface area contributed by atoms with Gasteiger partial charge in [0.05, 0.1) is 0 Å². The first-order chi connectivity index (χ1) is 8.97. The Balaban J connectivity index is 2.27. The Morgan fingerprint density at radius 3 is 2.63 bits per heavy atom. The van der Waals surface area contributed by atoms with E-state index in [0.29, 0.717) is 12.3 Å². The number of nitrogens with one attached hydrogen (secondary N) is 1. The van der Waals surface area contributed by atoms with Gasteiger partial charge in [-0.25, -0.2) is 0 Å². The molecule has 1 aromatic carbocycles. The molecule has 1 rings (SSSR count). The Labute approximate surface area is 116 Å². The summed E-state index contributed by atoms with van der Waals surface area (Å²) in [7, 11) is 0. The first-order valence-electron chi connectivity index (χ1n) is 7.11. The number of benzene rings is 1. The normalized spacial score (nSPS) is 12.4. The highest BCUT2D eigenvalue weighted by Crippen LogP contribution is 2.09. The first-order valence-corrected chi connectivity index (χ1v) is 7.11. The fourth-order valence-corrected chi connectivity index (χ4v) is 2.01. The maximum atomic E-state index is 11.8. The van der Waals surface area contributed by atoms with Gasteiger partial charge in [0.1, 0.15) is 0 Å². The number of aryl methyl sites for hydroxylation is 1. The number of carbonyl (C=O) groups excluding carboxylic acids is 1. The zero-order chi connectivity index (χ0) is 14.3. The summed E-state index contributed by atoms with van der Waals surface area (Å²) in [6.45, 7) is 6.48. The number of carbonyl (C=O) groups is 1. The van der Waals surface area contributed by atoms with Crippen LogP contribution in [0.5, 0.6) is 0 Å². The second kappa shape index (κ2) is 7.82. The fourth-order valence-electron chi connectivity index (χ4n) is 2.01. The van der Waals surface area contributed by atoms with Gasteiger partial charge in [0.15, 0.2) is 0 Å². The SMILES string of the molecule is CC(C)CCC(C)NC(=O)CCc1cccc(N)c1. The van der Waals surface area contributed by atoms with Crippen molar-refractivity contribution in [2.24, 2.45) is 5.92 Å². The molecule has 19 heavy (non-hydrogen) atoms. The molecular formula is C16H26N2O. The maximum absolute atomic E-state index is 11.8. The number of nitrogen functional groups attached to an aromatic ring is 1. The lowest BCUT2D eigenvalue weighted by atomic mass is 10.0. The molecule has 0 saturated carbocycles. The van der Waals surface area contributed by atoms with Crippen LogP contribution in [0.1, 0.15) is 45.6 Å². The van der Waals surface area contributed by atoms with E-state index >= 15 is 0 Å². The van der Waals surface area contributed by atoms with Crippen LogP contribution in [0.15, 0.2) is 24.3 Å². The van der Waals surface area contributed by atoms with E-state index in [1.807, 2.05) is 24.3 Å². The molecule has 1 unspecified atom stereocenters. The van der Waals surface area contributed by atoms with Crippen LogP contribution in [-0.4, -0.2) is 11.9 Å². The molecule has 0 aromatic heterocycles. The summed E-state index contributed by atoms with van der Waals surface area (Å²) in [5.41, 5.74) is 7.58. The van der Waals surface area contributed by atoms with Gasteiger partial charge in [0, 0.05) is 18.2 Å². The number of nitrogens with two attached hydrogens (primary N) is 1. The van der Waals surface area contributed by atoms with E-state index in [1.165, 1.54) is 0 Å². The van der Waals surface area contributed by atoms with Gasteiger partial charge < -0.3 is 11.1 Å². The number of rotatable bonds is 7. The van der Waals surface area contributed by atoms with E-state index in [4.69, 9.17) is 5.73 Å². The third kappa shape index (κ3) is 6.85. The summed E-state index contributed by atoms with van der Waals surface area (Å²) in [4.78, 5) is 11.8. The maximum Gasteiger partial charge on any atom is 0.220 e. The molecule has 3 nitrogen and oxygen atoms in total. The Morgan fingerprint density at radius 2 is 2.00 bits per heavy atom. The standard InChI is InChI=1S/C16H26N2O/c1-12(2)7-8-13(3)18-16(19)10-9-14-5-4-6-15(17)11-14/h4-6,11-13H,7-10,17H2,1-3H3,(H,18,19). The van der Waals surface area contributed by atoms with Crippen molar-refractivity contribution in [1.82, 2.24) is 5.32 Å². The lowest BCUT2D eigenvalue weighted by molar-refractivity contribution is -0.121. The van der Waals surface area contributed by atoms with Crippen LogP contribution in [0.3, 0.4) is 0 Å². The topological polar surface area (TPSA) is 55.1 Å². The van der Waals surface area contributed by atoms with Crippen molar-refractivity contribution in [2.45, 2.75) is 52.5 Å². The van der Waals surface area contributed by atoms with Crippen LogP contribution in [0.2, 0.25) is 0 Å². The Hall–Kier alpha value is -1.51. The summed E-state index contributed by atoms with van der Waals surface area (Å²) in [5, 5.41) is 3.05. The van der Waals surface area contributed by atoms with Gasteiger partial charge in [-0.05, 0) is 49.8 Å². The molecule has 0 saturated heterocycles. The highest BCUT2D eigenvalue weighted by molar-refractivity contribution is 5.76. The lowest BCUT2D eigenvalue weighted by Gasteiger charge is -2.15. The summed E-state index contributed by atoms with van der Waals surface area (Å²) in [6.07, 6.45) is 3.46. The smallest absolute Gasteiger partial charge is 0.220 e. The summed E-state index contributed by atoms with van der Waals surface area (Å²) in [5.74, 6) is 0.810. The van der Waals surface area contributed by atoms with Crippen molar-refractivity contribution in [3.63, 3.8) is 0 Å². The molecule has 1 amide bonds. The van der Waals surface area contributed by atoms with Crippen LogP contribution in [-0.2, 0) is 11.2 Å². The molecular weight excluding hydrogens is 236 g/mol. The molecule has 0 fully saturated rings. The van der Waals surface area contributed by atoms with Gasteiger partial charge in [0.2, 0.25) is 5.91 Å². The van der Waals surface area contributed by atoms with Gasteiger partial charge >= 0.3 is 0 Å². The average molecular weight is 262 g/mol. The second-order valence-electron chi connectivity index (χ2n) is 5.68. The van der Waals surface area contributed by atoms with Crippen LogP contribution in [0.25, 0.3) is 0 Å². The van der Waals surface area contributed by atoms with Gasteiger partial charge in [-0.1, -0.05) is 26.0 Å². The van der Waals surface area contributed by atoms with Crippen molar-refractivity contribution in [1.29, 1.82) is 0 Å². The zero-order valence-corrected chi connectivity index (χ0v) is 12.3. The van der Waals surface area contributed by atoms with E-state index in [9.17, 15) is 4.79 Å². The lowest BCUT2D eigenvalue weighted by Crippen LogP contribution is -2.32. The molecule has 3 heteroatoms. The first kappa shape index (κ1) is 15.5. The van der Waals surface area contributed by atoms with Crippen LogP contribution >= 0.6 is 0 Å². The van der Waals surface area contributed by atoms with E-state index < -0.39 is 0 Å². The zero-order valence-electron chi connectivity index (χ0n) is 12.3. The van der Waals surface area contributed by atoms with Gasteiger partial charge in [-0.3, -0.25) is 4.79 Å². The predicted molar refractivity (Wildman–Crippen MR) is 80.9 cm³/mol. The minimum Gasteiger partial charge on any atom is -0.399 e. The number of hydrogen-bond acceptors (Lipinski definition) is 2. The number of amides is 1. The Kier molecular flexibility index (Phi) is 6.40. The summed E-state index contributed by atoms with van der Waals surface area (Å²) >= 11 is 0. The molecule has 1 aromatic rings. The number of hydrogen-bond donors (Lipinski definition) is 2. The molecule has 0 aliphatic carbocycles. The largest absolute Gasteiger partial charge is 0.399 e. The highest BCUT2D eigenvalue weighted by atomic mass is 16.1. The van der Waals surface area contributed by atoms with E-state index in [0.717, 1.165) is 30.5 Å². The Bertz CT molecular complexity index is 401. The van der Waals surface area contributed by atoms with E-state index in [1.54, 1.807) is 0 Å². The molecule has 0 aliphatic heterocycles. The average Bonchev–Trinajstić information content (AvgIpc) is 2.34. The second-order valence-corrected chi connectivity index (χ2v) is 5.68. The van der Waals surface area contributed by atoms with Gasteiger partial charge in [0.25, 0.3) is 0 Å². The van der Waals surface area contributed by atoms with E-state index in [2.05, 4.69) is 26.1 Å². The number of anilines is 1. The quantitative estimate of drug-likeness (QED) is 0.742. The molecule has 3 N–H and O–H groups in total. The monoisotopic (exact) mass is 262 g/mol. The van der Waals surface area contributed by atoms with Crippen LogP contribution < -0.4 is 11.1 Å². The molecule has 0 radical (unpaired) electrons. The van der Waals surface area contributed by atoms with Crippen molar-refractivity contribution in [2.75, 3.05) is 5.73 Å². The van der Waals surface area contributed by atoms with Crippen molar-refractivity contribution >= 4 is 11.6 Å². The fraction of sp³-hybridized carbons (Fsp3) is 0.562.